The number of fused-ring (bicyclic) bond motifs is 2. The maximum Gasteiger partial charge on any atom is 0.415 e. The van der Waals surface area contributed by atoms with Gasteiger partial charge in [0.05, 0.1) is 12.2 Å². The molecule has 0 unspecified atom stereocenters. The second kappa shape index (κ2) is 7.40. The molecule has 2 aliphatic heterocycles. The number of halogens is 1. The summed E-state index contributed by atoms with van der Waals surface area (Å²) in [6, 6.07) is 6.35. The van der Waals surface area contributed by atoms with Crippen LogP contribution < -0.4 is 4.74 Å². The lowest BCUT2D eigenvalue weighted by Crippen LogP contribution is -2.46. The second-order valence-corrected chi connectivity index (χ2v) is 7.68. The van der Waals surface area contributed by atoms with Crippen molar-refractivity contribution in [2.45, 2.75) is 32.0 Å². The highest BCUT2D eigenvalue weighted by molar-refractivity contribution is 7.59. The van der Waals surface area contributed by atoms with Crippen molar-refractivity contribution < 1.29 is 18.5 Å². The summed E-state index contributed by atoms with van der Waals surface area (Å²) in [5, 5.41) is 10.9. The van der Waals surface area contributed by atoms with Gasteiger partial charge < -0.3 is 19.3 Å². The van der Waals surface area contributed by atoms with Gasteiger partial charge in [-0.3, -0.25) is 9.47 Å². The molecule has 0 spiro atoms. The third-order valence-electron chi connectivity index (χ3n) is 5.21. The van der Waals surface area contributed by atoms with Crippen molar-refractivity contribution in [3.8, 4) is 17.5 Å². The molecule has 2 aliphatic rings. The molecule has 1 aromatic carbocycles. The van der Waals surface area contributed by atoms with Gasteiger partial charge in [0.15, 0.2) is 0 Å². The second-order valence-electron chi connectivity index (χ2n) is 7.68. The molecule has 0 radical (unpaired) electrons. The minimum absolute atomic E-state index is 0. The van der Waals surface area contributed by atoms with E-state index in [1.165, 1.54) is 18.3 Å². The van der Waals surface area contributed by atoms with Gasteiger partial charge in [0.1, 0.15) is 23.4 Å². The van der Waals surface area contributed by atoms with E-state index in [0.717, 1.165) is 30.0 Å². The van der Waals surface area contributed by atoms with Crippen molar-refractivity contribution in [2.24, 2.45) is 0 Å². The maximum absolute atomic E-state index is 13.1. The summed E-state index contributed by atoms with van der Waals surface area (Å²) in [6.07, 6.45) is 2.12. The molecule has 0 aliphatic carbocycles. The van der Waals surface area contributed by atoms with Gasteiger partial charge >= 0.3 is 11.8 Å². The summed E-state index contributed by atoms with van der Waals surface area (Å²) in [4.78, 5) is 21.1. The van der Waals surface area contributed by atoms with E-state index in [4.69, 9.17) is 9.15 Å². The Kier molecular flexibility index (Phi) is 5.02. The van der Waals surface area contributed by atoms with Gasteiger partial charge in [-0.25, -0.2) is 9.37 Å². The molecule has 0 N–H and O–H groups in total. The van der Waals surface area contributed by atoms with Gasteiger partial charge in [-0.2, -0.15) is 13.5 Å². The fraction of sp³-hybridized carbons (Fsp3) is 0.368. The zero-order chi connectivity index (χ0) is 20.2. The molecule has 158 valence electrons. The molecule has 1 atom stereocenters. The van der Waals surface area contributed by atoms with Crippen LogP contribution in [0.3, 0.4) is 0 Å². The molecule has 0 fully saturated rings. The van der Waals surface area contributed by atoms with Crippen molar-refractivity contribution in [3.63, 3.8) is 0 Å². The Morgan fingerprint density at radius 2 is 2.07 bits per heavy atom. The monoisotopic (exact) mass is 433 g/mol. The summed E-state index contributed by atoms with van der Waals surface area (Å²) in [5.74, 6) is 0.834. The van der Waals surface area contributed by atoms with E-state index in [-0.39, 0.29) is 31.1 Å². The van der Waals surface area contributed by atoms with Crippen LogP contribution in [0.1, 0.15) is 18.4 Å². The first-order valence-electron chi connectivity index (χ1n) is 9.26. The Morgan fingerprint density at radius 3 is 2.77 bits per heavy atom. The van der Waals surface area contributed by atoms with Crippen LogP contribution in [0.25, 0.3) is 11.5 Å². The molecule has 9 nitrogen and oxygen atoms in total. The quantitative estimate of drug-likeness (QED) is 0.461. The van der Waals surface area contributed by atoms with Gasteiger partial charge in [0, 0.05) is 36.6 Å². The Bertz CT molecular complexity index is 1070. The highest BCUT2D eigenvalue weighted by Gasteiger charge is 2.42. The Labute approximate surface area is 178 Å². The molecule has 4 heterocycles. The smallest absolute Gasteiger partial charge is 0.415 e. The lowest BCUT2D eigenvalue weighted by molar-refractivity contribution is -0.389. The first kappa shape index (κ1) is 20.4. The number of aromatic nitrogens is 3. The van der Waals surface area contributed by atoms with Crippen molar-refractivity contribution in [3.05, 3.63) is 57.8 Å². The molecule has 0 bridgehead atoms. The van der Waals surface area contributed by atoms with Crippen molar-refractivity contribution >= 4 is 19.3 Å². The summed E-state index contributed by atoms with van der Waals surface area (Å²) in [6.45, 7) is 4.48. The molecular formula is C19H20FN5O4S. The SMILES string of the molecule is C[C@]1(CN2CCc3oc(-c4ccc(F)cc4)nc3C2)Cn2cc([N+](=O)[O-])nc2O1.S. The predicted molar refractivity (Wildman–Crippen MR) is 109 cm³/mol. The van der Waals surface area contributed by atoms with Crippen LogP contribution in [0, 0.1) is 15.9 Å². The molecule has 2 aromatic heterocycles. The van der Waals surface area contributed by atoms with Crippen LogP contribution in [0.15, 0.2) is 34.9 Å². The van der Waals surface area contributed by atoms with Gasteiger partial charge in [0.25, 0.3) is 0 Å². The van der Waals surface area contributed by atoms with Crippen LogP contribution >= 0.6 is 13.5 Å². The molecule has 11 heteroatoms. The first-order chi connectivity index (χ1) is 13.9. The average molecular weight is 433 g/mol. The molecular weight excluding hydrogens is 413 g/mol. The molecule has 0 saturated carbocycles. The molecule has 0 saturated heterocycles. The van der Waals surface area contributed by atoms with Gasteiger partial charge in [0.2, 0.25) is 5.89 Å². The van der Waals surface area contributed by atoms with Gasteiger partial charge in [-0.05, 0) is 36.1 Å². The van der Waals surface area contributed by atoms with E-state index < -0.39 is 10.5 Å². The average Bonchev–Trinajstić information content (AvgIpc) is 3.33. The maximum atomic E-state index is 13.1. The van der Waals surface area contributed by atoms with E-state index in [1.54, 1.807) is 16.7 Å². The number of rotatable bonds is 4. The molecule has 30 heavy (non-hydrogen) atoms. The van der Waals surface area contributed by atoms with Crippen molar-refractivity contribution in [1.82, 2.24) is 19.4 Å². The number of imidazole rings is 1. The Morgan fingerprint density at radius 1 is 1.30 bits per heavy atom. The number of oxazole rings is 1. The summed E-state index contributed by atoms with van der Waals surface area (Å²) in [5.41, 5.74) is 1.08. The van der Waals surface area contributed by atoms with Crippen LogP contribution in [-0.4, -0.2) is 43.0 Å². The van der Waals surface area contributed by atoms with E-state index in [9.17, 15) is 14.5 Å². The van der Waals surface area contributed by atoms with E-state index in [0.29, 0.717) is 25.5 Å². The predicted octanol–water partition coefficient (Wildman–Crippen LogP) is 2.91. The zero-order valence-corrected chi connectivity index (χ0v) is 17.2. The zero-order valence-electron chi connectivity index (χ0n) is 16.2. The number of hydrogen-bond donors (Lipinski definition) is 0. The van der Waals surface area contributed by atoms with Crippen LogP contribution in [0.5, 0.6) is 6.01 Å². The fourth-order valence-electron chi connectivity index (χ4n) is 3.94. The van der Waals surface area contributed by atoms with Crippen LogP contribution in [0.2, 0.25) is 0 Å². The molecule has 5 rings (SSSR count). The number of hydrogen-bond acceptors (Lipinski definition) is 7. The molecule has 3 aromatic rings. The summed E-state index contributed by atoms with van der Waals surface area (Å²) >= 11 is 0. The largest absolute Gasteiger partial charge is 0.441 e. The normalized spacial score (nSPS) is 20.2. The minimum atomic E-state index is -0.529. The number of nitrogens with zero attached hydrogens (tertiary/aromatic N) is 5. The highest BCUT2D eigenvalue weighted by atomic mass is 32.1. The number of nitro groups is 1. The fourth-order valence-corrected chi connectivity index (χ4v) is 3.94. The Hall–Kier alpha value is -2.92. The molecule has 0 amide bonds. The topological polar surface area (TPSA) is 99.5 Å². The van der Waals surface area contributed by atoms with E-state index >= 15 is 0 Å². The lowest BCUT2D eigenvalue weighted by Gasteiger charge is -2.32. The lowest BCUT2D eigenvalue weighted by atomic mass is 10.0. The van der Waals surface area contributed by atoms with E-state index in [1.807, 2.05) is 6.92 Å². The Balaban J connectivity index is 0.00000218. The first-order valence-corrected chi connectivity index (χ1v) is 9.26. The van der Waals surface area contributed by atoms with E-state index in [2.05, 4.69) is 14.9 Å². The van der Waals surface area contributed by atoms with Crippen LogP contribution in [-0.2, 0) is 19.5 Å². The summed E-state index contributed by atoms with van der Waals surface area (Å²) < 4.78 is 26.6. The summed E-state index contributed by atoms with van der Waals surface area (Å²) in [7, 11) is 0. The number of benzene rings is 1. The van der Waals surface area contributed by atoms with Crippen molar-refractivity contribution in [1.29, 1.82) is 0 Å². The van der Waals surface area contributed by atoms with Gasteiger partial charge in [-0.1, -0.05) is 0 Å². The van der Waals surface area contributed by atoms with Crippen molar-refractivity contribution in [2.75, 3.05) is 13.1 Å². The standard InChI is InChI=1S/C19H18FN5O4.H2S/c1-19(11-24-9-16(25(26)27)22-18(24)29-19)10-23-7-6-15-14(8-23)21-17(28-15)12-2-4-13(20)5-3-12;/h2-5,9H,6-8,10-11H2,1H3;1H2/t19-;/m0./s1. The number of ether oxygens (including phenoxy) is 1. The van der Waals surface area contributed by atoms with Gasteiger partial charge in [-0.15, -0.1) is 0 Å². The third kappa shape index (κ3) is 3.65. The van der Waals surface area contributed by atoms with Crippen LogP contribution in [0.4, 0.5) is 10.2 Å². The third-order valence-corrected chi connectivity index (χ3v) is 5.21. The minimum Gasteiger partial charge on any atom is -0.441 e. The highest BCUT2D eigenvalue weighted by Crippen LogP contribution is 2.33.